The quantitative estimate of drug-likeness (QED) is 0.499. The lowest BCUT2D eigenvalue weighted by molar-refractivity contribution is 0.858. The number of hydrogen-bond donors (Lipinski definition) is 3. The summed E-state index contributed by atoms with van der Waals surface area (Å²) in [5.74, 6) is 0. The third-order valence-electron chi connectivity index (χ3n) is 3.54. The summed E-state index contributed by atoms with van der Waals surface area (Å²) in [6.45, 7) is 4.94. The SMILES string of the molecule is Cc1nc2cc(NCCCc3cn[nH]c3C)c(N)cc2s1. The number of thiazole rings is 1. The Morgan fingerprint density at radius 2 is 2.19 bits per heavy atom. The molecular weight excluding hydrogens is 282 g/mol. The Labute approximate surface area is 127 Å². The Hall–Kier alpha value is -2.08. The van der Waals surface area contributed by atoms with E-state index in [9.17, 15) is 0 Å². The Bertz CT molecular complexity index is 759. The van der Waals surface area contributed by atoms with E-state index in [1.54, 1.807) is 11.3 Å². The number of aromatic amines is 1. The number of benzene rings is 1. The average Bonchev–Trinajstić information content (AvgIpc) is 2.99. The summed E-state index contributed by atoms with van der Waals surface area (Å²) in [5.41, 5.74) is 11.3. The highest BCUT2D eigenvalue weighted by atomic mass is 32.1. The molecule has 21 heavy (non-hydrogen) atoms. The van der Waals surface area contributed by atoms with Crippen molar-refractivity contribution in [3.63, 3.8) is 0 Å². The number of aryl methyl sites for hydroxylation is 3. The molecule has 110 valence electrons. The van der Waals surface area contributed by atoms with E-state index in [0.717, 1.165) is 51.7 Å². The number of nitrogens with zero attached hydrogens (tertiary/aromatic N) is 2. The van der Waals surface area contributed by atoms with E-state index in [0.29, 0.717) is 0 Å². The Morgan fingerprint density at radius 3 is 2.95 bits per heavy atom. The van der Waals surface area contributed by atoms with Crippen molar-refractivity contribution < 1.29 is 0 Å². The van der Waals surface area contributed by atoms with Crippen LogP contribution in [0.5, 0.6) is 0 Å². The lowest BCUT2D eigenvalue weighted by Crippen LogP contribution is -2.05. The smallest absolute Gasteiger partial charge is 0.0907 e. The van der Waals surface area contributed by atoms with Crippen LogP contribution < -0.4 is 11.1 Å². The molecule has 4 N–H and O–H groups in total. The van der Waals surface area contributed by atoms with Crippen molar-refractivity contribution >= 4 is 32.9 Å². The van der Waals surface area contributed by atoms with Gasteiger partial charge in [0.1, 0.15) is 0 Å². The summed E-state index contributed by atoms with van der Waals surface area (Å²) in [7, 11) is 0. The molecule has 2 heterocycles. The number of hydrogen-bond acceptors (Lipinski definition) is 5. The predicted octanol–water partition coefficient (Wildman–Crippen LogP) is 3.26. The van der Waals surface area contributed by atoms with Gasteiger partial charge in [0, 0.05) is 12.2 Å². The second-order valence-electron chi connectivity index (χ2n) is 5.19. The van der Waals surface area contributed by atoms with Crippen LogP contribution in [0.1, 0.15) is 22.7 Å². The van der Waals surface area contributed by atoms with E-state index in [1.165, 1.54) is 5.56 Å². The number of H-pyrrole nitrogens is 1. The minimum Gasteiger partial charge on any atom is -0.397 e. The van der Waals surface area contributed by atoms with Gasteiger partial charge in [-0.3, -0.25) is 5.10 Å². The van der Waals surface area contributed by atoms with Crippen LogP contribution in [0.15, 0.2) is 18.3 Å². The molecule has 0 aliphatic heterocycles. The molecule has 0 unspecified atom stereocenters. The first-order valence-corrected chi connectivity index (χ1v) is 7.84. The van der Waals surface area contributed by atoms with Crippen LogP contribution in [0.4, 0.5) is 11.4 Å². The molecule has 3 rings (SSSR count). The van der Waals surface area contributed by atoms with Crippen LogP contribution in [-0.2, 0) is 6.42 Å². The van der Waals surface area contributed by atoms with Crippen LogP contribution in [0.25, 0.3) is 10.2 Å². The summed E-state index contributed by atoms with van der Waals surface area (Å²) in [6, 6.07) is 4.04. The standard InChI is InChI=1S/C15H19N5S/c1-9-11(8-18-20-9)4-3-5-17-13-7-14-15(6-12(13)16)21-10(2)19-14/h6-8,17H,3-5,16H2,1-2H3,(H,18,20). The average molecular weight is 301 g/mol. The zero-order valence-corrected chi connectivity index (χ0v) is 13.0. The minimum absolute atomic E-state index is 0.783. The fourth-order valence-corrected chi connectivity index (χ4v) is 3.24. The fraction of sp³-hybridized carbons (Fsp3) is 0.333. The zero-order valence-electron chi connectivity index (χ0n) is 12.2. The van der Waals surface area contributed by atoms with Gasteiger partial charge in [-0.25, -0.2) is 4.98 Å². The van der Waals surface area contributed by atoms with Gasteiger partial charge in [0.25, 0.3) is 0 Å². The lowest BCUT2D eigenvalue weighted by atomic mass is 10.1. The van der Waals surface area contributed by atoms with Gasteiger partial charge >= 0.3 is 0 Å². The molecule has 6 heteroatoms. The molecular formula is C15H19N5S. The van der Waals surface area contributed by atoms with E-state index < -0.39 is 0 Å². The number of anilines is 2. The van der Waals surface area contributed by atoms with Crippen molar-refractivity contribution in [3.05, 3.63) is 34.6 Å². The van der Waals surface area contributed by atoms with Gasteiger partial charge in [-0.05, 0) is 44.4 Å². The third-order valence-corrected chi connectivity index (χ3v) is 4.47. The maximum absolute atomic E-state index is 6.10. The molecule has 0 atom stereocenters. The fourth-order valence-electron chi connectivity index (χ4n) is 2.39. The monoisotopic (exact) mass is 301 g/mol. The first-order chi connectivity index (χ1) is 10.1. The highest BCUT2D eigenvalue weighted by Crippen LogP contribution is 2.29. The Balaban J connectivity index is 1.62. The van der Waals surface area contributed by atoms with Crippen molar-refractivity contribution in [2.24, 2.45) is 0 Å². The zero-order chi connectivity index (χ0) is 14.8. The van der Waals surface area contributed by atoms with E-state index in [4.69, 9.17) is 5.73 Å². The van der Waals surface area contributed by atoms with Gasteiger partial charge in [0.05, 0.1) is 32.8 Å². The summed E-state index contributed by atoms with van der Waals surface area (Å²) >= 11 is 1.67. The number of nitrogens with two attached hydrogens (primary N) is 1. The van der Waals surface area contributed by atoms with Gasteiger partial charge in [-0.2, -0.15) is 5.10 Å². The van der Waals surface area contributed by atoms with Gasteiger partial charge in [0.2, 0.25) is 0 Å². The van der Waals surface area contributed by atoms with Crippen molar-refractivity contribution in [1.29, 1.82) is 0 Å². The highest BCUT2D eigenvalue weighted by molar-refractivity contribution is 7.18. The molecule has 0 spiro atoms. The summed E-state index contributed by atoms with van der Waals surface area (Å²) in [5, 5.41) is 11.5. The number of nitrogen functional groups attached to an aromatic ring is 1. The summed E-state index contributed by atoms with van der Waals surface area (Å²) < 4.78 is 1.14. The summed E-state index contributed by atoms with van der Waals surface area (Å²) in [6.07, 6.45) is 3.94. The molecule has 5 nitrogen and oxygen atoms in total. The van der Waals surface area contributed by atoms with Crippen LogP contribution >= 0.6 is 11.3 Å². The van der Waals surface area contributed by atoms with E-state index >= 15 is 0 Å². The Kier molecular flexibility index (Phi) is 3.79. The molecule has 1 aromatic carbocycles. The molecule has 0 saturated heterocycles. The maximum Gasteiger partial charge on any atom is 0.0907 e. The van der Waals surface area contributed by atoms with Gasteiger partial charge in [-0.1, -0.05) is 0 Å². The molecule has 3 aromatic rings. The second-order valence-corrected chi connectivity index (χ2v) is 6.43. The highest BCUT2D eigenvalue weighted by Gasteiger charge is 2.06. The Morgan fingerprint density at radius 1 is 1.33 bits per heavy atom. The van der Waals surface area contributed by atoms with Crippen LogP contribution in [0.3, 0.4) is 0 Å². The normalized spacial score (nSPS) is 11.1. The number of rotatable bonds is 5. The van der Waals surface area contributed by atoms with E-state index in [-0.39, 0.29) is 0 Å². The largest absolute Gasteiger partial charge is 0.397 e. The first kappa shape index (κ1) is 13.9. The minimum atomic E-state index is 0.783. The van der Waals surface area contributed by atoms with Crippen LogP contribution in [0.2, 0.25) is 0 Å². The van der Waals surface area contributed by atoms with E-state index in [2.05, 4.69) is 20.5 Å². The van der Waals surface area contributed by atoms with E-state index in [1.807, 2.05) is 32.2 Å². The second kappa shape index (κ2) is 5.73. The van der Waals surface area contributed by atoms with Crippen LogP contribution in [0, 0.1) is 13.8 Å². The molecule has 0 aliphatic carbocycles. The molecule has 0 saturated carbocycles. The van der Waals surface area contributed by atoms with Crippen molar-refractivity contribution in [2.75, 3.05) is 17.6 Å². The summed E-state index contributed by atoms with van der Waals surface area (Å²) in [4.78, 5) is 4.51. The lowest BCUT2D eigenvalue weighted by Gasteiger charge is -2.09. The van der Waals surface area contributed by atoms with Crippen LogP contribution in [-0.4, -0.2) is 21.7 Å². The van der Waals surface area contributed by atoms with Gasteiger partial charge < -0.3 is 11.1 Å². The predicted molar refractivity (Wildman–Crippen MR) is 88.9 cm³/mol. The van der Waals surface area contributed by atoms with Crippen molar-refractivity contribution in [1.82, 2.24) is 15.2 Å². The number of fused-ring (bicyclic) bond motifs is 1. The van der Waals surface area contributed by atoms with Gasteiger partial charge in [0.15, 0.2) is 0 Å². The number of aromatic nitrogens is 3. The first-order valence-electron chi connectivity index (χ1n) is 7.03. The van der Waals surface area contributed by atoms with Crippen molar-refractivity contribution in [2.45, 2.75) is 26.7 Å². The number of nitrogens with one attached hydrogen (secondary N) is 2. The molecule has 2 aromatic heterocycles. The molecule has 0 fully saturated rings. The maximum atomic E-state index is 6.10. The molecule has 0 amide bonds. The topological polar surface area (TPSA) is 79.6 Å². The molecule has 0 radical (unpaired) electrons. The van der Waals surface area contributed by atoms with Gasteiger partial charge in [-0.15, -0.1) is 11.3 Å². The molecule has 0 aliphatic rings. The third kappa shape index (κ3) is 3.00. The van der Waals surface area contributed by atoms with Crippen molar-refractivity contribution in [3.8, 4) is 0 Å². The molecule has 0 bridgehead atoms.